The van der Waals surface area contributed by atoms with Crippen LogP contribution in [0.15, 0.2) is 66.2 Å². The van der Waals surface area contributed by atoms with Crippen molar-refractivity contribution in [2.45, 2.75) is 25.8 Å². The van der Waals surface area contributed by atoms with Gasteiger partial charge in [-0.1, -0.05) is 55.1 Å². The van der Waals surface area contributed by atoms with Crippen LogP contribution in [0.2, 0.25) is 0 Å². The standard InChI is InChI=1S/C22H29N3O3S.HI/c1-4-14-28-21-9-7-6-8-20(21)16-25-22(23-5-2)24-15-18-10-12-19(13-11-18)17-29(3,26)27;/h4,6-13H,1,5,14-17H2,2-3H3,(H2,23,24,25);1H. The van der Waals surface area contributed by atoms with Gasteiger partial charge in [0.05, 0.1) is 12.3 Å². The van der Waals surface area contributed by atoms with Gasteiger partial charge in [-0.15, -0.1) is 24.0 Å². The van der Waals surface area contributed by atoms with Gasteiger partial charge in [0.15, 0.2) is 15.8 Å². The monoisotopic (exact) mass is 543 g/mol. The second-order valence-electron chi connectivity index (χ2n) is 6.64. The first-order valence-electron chi connectivity index (χ1n) is 9.50. The average Bonchev–Trinajstić information content (AvgIpc) is 2.69. The maximum Gasteiger partial charge on any atom is 0.191 e. The molecule has 0 aliphatic heterocycles. The molecule has 0 unspecified atom stereocenters. The molecule has 0 radical (unpaired) electrons. The van der Waals surface area contributed by atoms with E-state index in [9.17, 15) is 8.42 Å². The van der Waals surface area contributed by atoms with Gasteiger partial charge in [-0.3, -0.25) is 0 Å². The molecule has 2 aromatic carbocycles. The zero-order valence-corrected chi connectivity index (χ0v) is 20.6. The van der Waals surface area contributed by atoms with Crippen LogP contribution in [0.3, 0.4) is 0 Å². The maximum atomic E-state index is 11.4. The fourth-order valence-corrected chi connectivity index (χ4v) is 3.47. The van der Waals surface area contributed by atoms with Crippen LogP contribution in [0.5, 0.6) is 5.75 Å². The van der Waals surface area contributed by atoms with E-state index in [0.717, 1.165) is 29.0 Å². The Morgan fingerprint density at radius 2 is 1.77 bits per heavy atom. The van der Waals surface area contributed by atoms with E-state index in [1.54, 1.807) is 6.08 Å². The van der Waals surface area contributed by atoms with Crippen LogP contribution < -0.4 is 15.4 Å². The van der Waals surface area contributed by atoms with Crippen LogP contribution in [0.1, 0.15) is 23.6 Å². The van der Waals surface area contributed by atoms with Crippen molar-refractivity contribution in [1.29, 1.82) is 0 Å². The van der Waals surface area contributed by atoms with Gasteiger partial charge in [-0.05, 0) is 24.1 Å². The highest BCUT2D eigenvalue weighted by molar-refractivity contribution is 14.0. The quantitative estimate of drug-likeness (QED) is 0.207. The Labute approximate surface area is 196 Å². The minimum Gasteiger partial charge on any atom is -0.489 e. The molecule has 8 heteroatoms. The Morgan fingerprint density at radius 1 is 1.10 bits per heavy atom. The minimum atomic E-state index is -3.03. The highest BCUT2D eigenvalue weighted by Crippen LogP contribution is 2.17. The maximum absolute atomic E-state index is 11.4. The molecule has 0 aliphatic carbocycles. The third kappa shape index (κ3) is 9.62. The highest BCUT2D eigenvalue weighted by Gasteiger charge is 2.06. The minimum absolute atomic E-state index is 0. The van der Waals surface area contributed by atoms with Crippen molar-refractivity contribution in [2.24, 2.45) is 4.99 Å². The third-order valence-electron chi connectivity index (χ3n) is 3.99. The van der Waals surface area contributed by atoms with Gasteiger partial charge in [0.1, 0.15) is 12.4 Å². The fraction of sp³-hybridized carbons (Fsp3) is 0.318. The zero-order valence-electron chi connectivity index (χ0n) is 17.4. The lowest BCUT2D eigenvalue weighted by Crippen LogP contribution is -2.36. The third-order valence-corrected chi connectivity index (χ3v) is 4.85. The molecule has 0 atom stereocenters. The SMILES string of the molecule is C=CCOc1ccccc1CNC(=NCc1ccc(CS(C)(=O)=O)cc1)NCC.I. The number of nitrogens with zero attached hydrogens (tertiary/aromatic N) is 1. The summed E-state index contributed by atoms with van der Waals surface area (Å²) in [5.41, 5.74) is 2.82. The Kier molecular flexibility index (Phi) is 11.5. The van der Waals surface area contributed by atoms with Gasteiger partial charge in [0.25, 0.3) is 0 Å². The van der Waals surface area contributed by atoms with Crippen molar-refractivity contribution in [2.75, 3.05) is 19.4 Å². The summed E-state index contributed by atoms with van der Waals surface area (Å²) in [6.45, 7) is 7.96. The van der Waals surface area contributed by atoms with E-state index in [1.807, 2.05) is 55.5 Å². The second-order valence-corrected chi connectivity index (χ2v) is 8.78. The molecule has 164 valence electrons. The summed E-state index contributed by atoms with van der Waals surface area (Å²) in [6.07, 6.45) is 2.96. The lowest BCUT2D eigenvalue weighted by Gasteiger charge is -2.14. The first-order valence-corrected chi connectivity index (χ1v) is 11.6. The number of halogens is 1. The van der Waals surface area contributed by atoms with E-state index < -0.39 is 9.84 Å². The van der Waals surface area contributed by atoms with Crippen LogP contribution in [-0.4, -0.2) is 33.8 Å². The number of ether oxygens (including phenoxy) is 1. The first-order chi connectivity index (χ1) is 13.9. The Morgan fingerprint density at radius 3 is 2.40 bits per heavy atom. The fourth-order valence-electron chi connectivity index (χ4n) is 2.67. The lowest BCUT2D eigenvalue weighted by atomic mass is 10.1. The number of guanidine groups is 1. The van der Waals surface area contributed by atoms with Gasteiger partial charge in [-0.2, -0.15) is 0 Å². The van der Waals surface area contributed by atoms with E-state index in [-0.39, 0.29) is 29.7 Å². The van der Waals surface area contributed by atoms with Crippen molar-refractivity contribution in [1.82, 2.24) is 10.6 Å². The number of benzene rings is 2. The molecule has 6 nitrogen and oxygen atoms in total. The number of nitrogens with one attached hydrogen (secondary N) is 2. The molecule has 0 spiro atoms. The molecular weight excluding hydrogens is 513 g/mol. The second kappa shape index (κ2) is 13.3. The van der Waals surface area contributed by atoms with Crippen LogP contribution >= 0.6 is 24.0 Å². The van der Waals surface area contributed by atoms with E-state index in [1.165, 1.54) is 6.26 Å². The Hall–Kier alpha value is -2.07. The van der Waals surface area contributed by atoms with Gasteiger partial charge < -0.3 is 15.4 Å². The van der Waals surface area contributed by atoms with E-state index in [2.05, 4.69) is 22.2 Å². The number of para-hydroxylation sites is 1. The molecular formula is C22H30IN3O3S. The summed E-state index contributed by atoms with van der Waals surface area (Å²) in [4.78, 5) is 4.61. The summed E-state index contributed by atoms with van der Waals surface area (Å²) in [6, 6.07) is 15.3. The summed E-state index contributed by atoms with van der Waals surface area (Å²) in [7, 11) is -3.03. The largest absolute Gasteiger partial charge is 0.489 e. The van der Waals surface area contributed by atoms with Crippen molar-refractivity contribution in [3.8, 4) is 5.75 Å². The van der Waals surface area contributed by atoms with Gasteiger partial charge in [-0.25, -0.2) is 13.4 Å². The van der Waals surface area contributed by atoms with Crippen molar-refractivity contribution < 1.29 is 13.2 Å². The molecule has 2 rings (SSSR count). The zero-order chi connectivity index (χ0) is 21.1. The molecule has 0 aromatic heterocycles. The van der Waals surface area contributed by atoms with Crippen LogP contribution in [-0.2, 0) is 28.7 Å². The molecule has 2 N–H and O–H groups in total. The smallest absolute Gasteiger partial charge is 0.191 e. The van der Waals surface area contributed by atoms with Crippen LogP contribution in [0.4, 0.5) is 0 Å². The topological polar surface area (TPSA) is 79.8 Å². The molecule has 30 heavy (non-hydrogen) atoms. The van der Waals surface area contributed by atoms with Crippen LogP contribution in [0.25, 0.3) is 0 Å². The first kappa shape index (κ1) is 26.0. The Bertz CT molecular complexity index is 929. The van der Waals surface area contributed by atoms with Crippen molar-refractivity contribution in [3.63, 3.8) is 0 Å². The van der Waals surface area contributed by atoms with E-state index in [0.29, 0.717) is 25.7 Å². The molecule has 0 saturated heterocycles. The molecule has 0 amide bonds. The number of rotatable bonds is 10. The van der Waals surface area contributed by atoms with Gasteiger partial charge >= 0.3 is 0 Å². The van der Waals surface area contributed by atoms with Crippen molar-refractivity contribution in [3.05, 3.63) is 77.9 Å². The molecule has 0 fully saturated rings. The highest BCUT2D eigenvalue weighted by atomic mass is 127. The average molecular weight is 543 g/mol. The summed E-state index contributed by atoms with van der Waals surface area (Å²) >= 11 is 0. The van der Waals surface area contributed by atoms with E-state index >= 15 is 0 Å². The van der Waals surface area contributed by atoms with Crippen LogP contribution in [0, 0.1) is 0 Å². The van der Waals surface area contributed by atoms with E-state index in [4.69, 9.17) is 4.74 Å². The number of aliphatic imine (C=N–C) groups is 1. The lowest BCUT2D eigenvalue weighted by molar-refractivity contribution is 0.358. The van der Waals surface area contributed by atoms with Crippen molar-refractivity contribution >= 4 is 39.8 Å². The predicted molar refractivity (Wildman–Crippen MR) is 134 cm³/mol. The van der Waals surface area contributed by atoms with Gasteiger partial charge in [0, 0.05) is 24.9 Å². The van der Waals surface area contributed by atoms with Gasteiger partial charge in [0.2, 0.25) is 0 Å². The summed E-state index contributed by atoms with van der Waals surface area (Å²) in [5.74, 6) is 1.57. The molecule has 0 aliphatic rings. The summed E-state index contributed by atoms with van der Waals surface area (Å²) < 4.78 is 28.5. The Balaban J connectivity index is 0.00000450. The molecule has 0 heterocycles. The number of hydrogen-bond acceptors (Lipinski definition) is 4. The predicted octanol–water partition coefficient (Wildman–Crippen LogP) is 3.67. The molecule has 0 saturated carbocycles. The number of sulfone groups is 1. The normalized spacial score (nSPS) is 11.3. The number of hydrogen-bond donors (Lipinski definition) is 2. The molecule has 2 aromatic rings. The molecule has 0 bridgehead atoms. The summed E-state index contributed by atoms with van der Waals surface area (Å²) in [5, 5.41) is 6.55.